The van der Waals surface area contributed by atoms with E-state index in [4.69, 9.17) is 4.74 Å². The fourth-order valence-electron chi connectivity index (χ4n) is 6.85. The van der Waals surface area contributed by atoms with Crippen molar-refractivity contribution in [3.63, 3.8) is 0 Å². The minimum Gasteiger partial charge on any atom is -0.504 e. The minimum atomic E-state index is 0.276. The third-order valence-corrected chi connectivity index (χ3v) is 8.07. The van der Waals surface area contributed by atoms with E-state index in [0.29, 0.717) is 35.5 Å². The van der Waals surface area contributed by atoms with Gasteiger partial charge in [0.2, 0.25) is 0 Å². The Morgan fingerprint density at radius 1 is 1.24 bits per heavy atom. The van der Waals surface area contributed by atoms with E-state index >= 15 is 0 Å². The number of ether oxygens (including phenoxy) is 1. The third kappa shape index (κ3) is 2.50. The Hall–Kier alpha value is -1.22. The summed E-state index contributed by atoms with van der Waals surface area (Å²) in [6, 6.07) is 4.04. The summed E-state index contributed by atoms with van der Waals surface area (Å²) < 4.78 is 5.38. The normalized spacial score (nSPS) is 37.8. The smallest absolute Gasteiger partial charge is 0.160 e. The van der Waals surface area contributed by atoms with Crippen LogP contribution in [0.4, 0.5) is 0 Å². The number of aromatic hydroxyl groups is 1. The molecule has 0 aliphatic heterocycles. The van der Waals surface area contributed by atoms with E-state index in [1.807, 2.05) is 6.07 Å². The predicted octanol–water partition coefficient (Wildman–Crippen LogP) is 4.50. The van der Waals surface area contributed by atoms with Gasteiger partial charge in [-0.3, -0.25) is 0 Å². The fraction of sp³-hybridized carbons (Fsp3) is 0.727. The van der Waals surface area contributed by atoms with Crippen molar-refractivity contribution in [3.8, 4) is 11.5 Å². The van der Waals surface area contributed by atoms with Gasteiger partial charge in [0.15, 0.2) is 11.5 Å². The Bertz CT molecular complexity index is 655. The van der Waals surface area contributed by atoms with Crippen LogP contribution in [0.15, 0.2) is 12.1 Å². The average molecular weight is 344 g/mol. The molecule has 0 radical (unpaired) electrons. The van der Waals surface area contributed by atoms with E-state index in [9.17, 15) is 10.2 Å². The first-order valence-electron chi connectivity index (χ1n) is 10.00. The molecule has 3 aliphatic rings. The molecule has 0 spiro atoms. The van der Waals surface area contributed by atoms with Crippen LogP contribution in [0.1, 0.15) is 63.0 Å². The van der Waals surface area contributed by atoms with Crippen molar-refractivity contribution in [3.05, 3.63) is 23.3 Å². The highest BCUT2D eigenvalue weighted by molar-refractivity contribution is 5.49. The van der Waals surface area contributed by atoms with Gasteiger partial charge in [-0.05, 0) is 96.8 Å². The monoisotopic (exact) mass is 344 g/mol. The number of methoxy groups -OCH3 is 1. The topological polar surface area (TPSA) is 49.7 Å². The maximum absolute atomic E-state index is 10.1. The molecule has 2 saturated carbocycles. The van der Waals surface area contributed by atoms with Crippen molar-refractivity contribution in [2.45, 2.75) is 58.3 Å². The number of fused-ring (bicyclic) bond motifs is 5. The summed E-state index contributed by atoms with van der Waals surface area (Å²) in [6.45, 7) is 5.05. The zero-order valence-corrected chi connectivity index (χ0v) is 15.8. The molecule has 138 valence electrons. The Morgan fingerprint density at radius 3 is 2.76 bits per heavy atom. The molecular weight excluding hydrogens is 312 g/mol. The van der Waals surface area contributed by atoms with Crippen molar-refractivity contribution in [2.75, 3.05) is 13.7 Å². The number of aryl methyl sites for hydroxylation is 1. The third-order valence-electron chi connectivity index (χ3n) is 8.07. The van der Waals surface area contributed by atoms with Gasteiger partial charge in [0.1, 0.15) is 0 Å². The predicted molar refractivity (Wildman–Crippen MR) is 99.0 cm³/mol. The molecule has 1 aromatic rings. The largest absolute Gasteiger partial charge is 0.504 e. The summed E-state index contributed by atoms with van der Waals surface area (Å²) in [5, 5.41) is 19.8. The van der Waals surface area contributed by atoms with E-state index in [0.717, 1.165) is 18.3 Å². The number of aliphatic hydroxyl groups excluding tert-OH is 1. The Labute approximate surface area is 151 Å². The maximum Gasteiger partial charge on any atom is 0.160 e. The molecule has 0 saturated heterocycles. The lowest BCUT2D eigenvalue weighted by atomic mass is 9.53. The van der Waals surface area contributed by atoms with Crippen LogP contribution in [0.2, 0.25) is 0 Å². The maximum atomic E-state index is 10.1. The molecule has 0 amide bonds. The minimum absolute atomic E-state index is 0.276. The summed E-state index contributed by atoms with van der Waals surface area (Å²) >= 11 is 0. The van der Waals surface area contributed by atoms with Crippen LogP contribution in [0.5, 0.6) is 11.5 Å². The van der Waals surface area contributed by atoms with Gasteiger partial charge in [-0.2, -0.15) is 0 Å². The summed E-state index contributed by atoms with van der Waals surface area (Å²) in [5.41, 5.74) is 3.13. The molecule has 0 bridgehead atoms. The van der Waals surface area contributed by atoms with Crippen LogP contribution in [0, 0.1) is 29.1 Å². The molecule has 0 heterocycles. The van der Waals surface area contributed by atoms with Gasteiger partial charge >= 0.3 is 0 Å². The molecule has 4 unspecified atom stereocenters. The second-order valence-corrected chi connectivity index (χ2v) is 9.03. The highest BCUT2D eigenvalue weighted by Gasteiger charge is 2.55. The first kappa shape index (κ1) is 17.2. The fourth-order valence-corrected chi connectivity index (χ4v) is 6.85. The number of rotatable bonds is 3. The van der Waals surface area contributed by atoms with Crippen LogP contribution in [-0.2, 0) is 6.42 Å². The van der Waals surface area contributed by atoms with Gasteiger partial charge in [-0.1, -0.05) is 13.8 Å². The molecule has 3 aliphatic carbocycles. The molecular formula is C22H32O3. The van der Waals surface area contributed by atoms with Gasteiger partial charge in [0, 0.05) is 6.61 Å². The van der Waals surface area contributed by atoms with Crippen molar-refractivity contribution < 1.29 is 14.9 Å². The van der Waals surface area contributed by atoms with E-state index < -0.39 is 0 Å². The van der Waals surface area contributed by atoms with Crippen LogP contribution < -0.4 is 4.74 Å². The second kappa shape index (κ2) is 6.19. The van der Waals surface area contributed by atoms with Crippen LogP contribution in [-0.4, -0.2) is 23.9 Å². The first-order chi connectivity index (χ1) is 12.0. The lowest BCUT2D eigenvalue weighted by Gasteiger charge is -2.52. The highest BCUT2D eigenvalue weighted by atomic mass is 16.5. The van der Waals surface area contributed by atoms with Crippen LogP contribution in [0.25, 0.3) is 0 Å². The quantitative estimate of drug-likeness (QED) is 0.849. The van der Waals surface area contributed by atoms with Crippen molar-refractivity contribution >= 4 is 0 Å². The zero-order chi connectivity index (χ0) is 17.8. The Morgan fingerprint density at radius 2 is 2.04 bits per heavy atom. The van der Waals surface area contributed by atoms with Crippen molar-refractivity contribution in [2.24, 2.45) is 29.1 Å². The summed E-state index contributed by atoms with van der Waals surface area (Å²) in [4.78, 5) is 0. The van der Waals surface area contributed by atoms with Gasteiger partial charge in [0.05, 0.1) is 7.11 Å². The summed E-state index contributed by atoms with van der Waals surface area (Å²) in [6.07, 6.45) is 7.39. The molecule has 3 heteroatoms. The molecule has 0 aromatic heterocycles. The number of benzene rings is 1. The Kier molecular flexibility index (Phi) is 4.26. The lowest BCUT2D eigenvalue weighted by molar-refractivity contribution is 0.00152. The molecule has 6 atom stereocenters. The molecule has 4 rings (SSSR count). The molecule has 1 aromatic carbocycles. The van der Waals surface area contributed by atoms with Crippen LogP contribution in [0.3, 0.4) is 0 Å². The summed E-state index contributed by atoms with van der Waals surface area (Å²) in [5.74, 6) is 4.11. The van der Waals surface area contributed by atoms with Gasteiger partial charge < -0.3 is 14.9 Å². The van der Waals surface area contributed by atoms with E-state index in [-0.39, 0.29) is 5.75 Å². The zero-order valence-electron chi connectivity index (χ0n) is 15.8. The first-order valence-corrected chi connectivity index (χ1v) is 10.00. The SMILES string of the molecule is COc1cc2c(cc1O)CCC1C2CC[C@@]2(C)C1CCC2[C@H](C)CO. The van der Waals surface area contributed by atoms with E-state index in [1.165, 1.54) is 43.2 Å². The average Bonchev–Trinajstić information content (AvgIpc) is 2.97. The van der Waals surface area contributed by atoms with Crippen molar-refractivity contribution in [1.29, 1.82) is 0 Å². The standard InChI is InChI=1S/C22H32O3/c1-13(12-23)18-6-7-19-16-5-4-14-10-20(24)21(25-3)11-17(14)15(16)8-9-22(18,19)2/h10-11,13,15-16,18-19,23-24H,4-9,12H2,1-3H3/t13-,15?,16?,18?,19?,22-/m1/s1. The summed E-state index contributed by atoms with van der Waals surface area (Å²) in [7, 11) is 1.64. The van der Waals surface area contributed by atoms with E-state index in [2.05, 4.69) is 19.9 Å². The van der Waals surface area contributed by atoms with E-state index in [1.54, 1.807) is 7.11 Å². The van der Waals surface area contributed by atoms with Gasteiger partial charge in [0.25, 0.3) is 0 Å². The molecule has 3 nitrogen and oxygen atoms in total. The number of phenolic OH excluding ortho intramolecular Hbond substituents is 1. The second-order valence-electron chi connectivity index (χ2n) is 9.03. The number of hydrogen-bond acceptors (Lipinski definition) is 3. The Balaban J connectivity index is 1.66. The molecule has 2 fully saturated rings. The lowest BCUT2D eigenvalue weighted by Crippen LogP contribution is -2.43. The van der Waals surface area contributed by atoms with Gasteiger partial charge in [-0.25, -0.2) is 0 Å². The number of aliphatic hydroxyl groups is 1. The van der Waals surface area contributed by atoms with Crippen LogP contribution >= 0.6 is 0 Å². The molecule has 2 N–H and O–H groups in total. The number of phenols is 1. The highest BCUT2D eigenvalue weighted by Crippen LogP contribution is 2.64. The van der Waals surface area contributed by atoms with Crippen molar-refractivity contribution in [1.82, 2.24) is 0 Å². The van der Waals surface area contributed by atoms with Gasteiger partial charge in [-0.15, -0.1) is 0 Å². The molecule has 25 heavy (non-hydrogen) atoms. The number of hydrogen-bond donors (Lipinski definition) is 2.